The summed E-state index contributed by atoms with van der Waals surface area (Å²) in [5, 5.41) is 3.46. The Hall–Kier alpha value is -0.210. The molecule has 0 saturated carbocycles. The number of likely N-dealkylation sites (N-methyl/N-ethyl adjacent to an activating group) is 1. The van der Waals surface area contributed by atoms with E-state index < -0.39 is 0 Å². The van der Waals surface area contributed by atoms with Crippen molar-refractivity contribution in [3.05, 3.63) is 0 Å². The first-order valence-electron chi connectivity index (χ1n) is 5.96. The fraction of sp³-hybridized carbons (Fsp3) is 0.833. The highest BCUT2D eigenvalue weighted by molar-refractivity contribution is 7.99. The van der Waals surface area contributed by atoms with E-state index in [-0.39, 0.29) is 0 Å². The Morgan fingerprint density at radius 2 is 2.00 bits per heavy atom. The van der Waals surface area contributed by atoms with Gasteiger partial charge in [-0.05, 0) is 7.05 Å². The van der Waals surface area contributed by atoms with Gasteiger partial charge in [-0.15, -0.1) is 18.2 Å². The first kappa shape index (κ1) is 13.9. The minimum absolute atomic E-state index is 0.833. The third kappa shape index (κ3) is 6.39. The summed E-state index contributed by atoms with van der Waals surface area (Å²) in [5.41, 5.74) is 0. The van der Waals surface area contributed by atoms with E-state index in [4.69, 9.17) is 6.42 Å². The molecular formula is C12H23N3S. The number of hydrogen-bond donors (Lipinski definition) is 1. The standard InChI is InChI=1S/C12H23N3S/c1-3-11-16-12-5-13-4-6-15-9-7-14(2)8-10-15/h1,13H,4-12H2,2H3. The van der Waals surface area contributed by atoms with Gasteiger partial charge in [-0.2, -0.15) is 0 Å². The Kier molecular flexibility index (Phi) is 7.69. The molecule has 0 amide bonds. The quantitative estimate of drug-likeness (QED) is 0.506. The van der Waals surface area contributed by atoms with Crippen LogP contribution in [-0.4, -0.2) is 74.2 Å². The molecule has 0 unspecified atom stereocenters. The summed E-state index contributed by atoms with van der Waals surface area (Å²) in [6.45, 7) is 8.18. The van der Waals surface area contributed by atoms with Gasteiger partial charge in [0.2, 0.25) is 0 Å². The van der Waals surface area contributed by atoms with Gasteiger partial charge in [0.1, 0.15) is 0 Å². The van der Waals surface area contributed by atoms with Crippen LogP contribution in [0.5, 0.6) is 0 Å². The molecule has 1 aliphatic rings. The second-order valence-electron chi connectivity index (χ2n) is 4.15. The molecular weight excluding hydrogens is 218 g/mol. The Bertz CT molecular complexity index is 207. The maximum Gasteiger partial charge on any atom is 0.0545 e. The van der Waals surface area contributed by atoms with Gasteiger partial charge in [-0.3, -0.25) is 4.90 Å². The van der Waals surface area contributed by atoms with Gasteiger partial charge in [0.25, 0.3) is 0 Å². The lowest BCUT2D eigenvalue weighted by molar-refractivity contribution is 0.155. The number of nitrogens with one attached hydrogen (secondary N) is 1. The van der Waals surface area contributed by atoms with Crippen LogP contribution in [0.4, 0.5) is 0 Å². The zero-order chi connectivity index (χ0) is 11.6. The zero-order valence-corrected chi connectivity index (χ0v) is 11.1. The molecule has 92 valence electrons. The number of terminal acetylenes is 1. The lowest BCUT2D eigenvalue weighted by atomic mass is 10.3. The molecule has 1 N–H and O–H groups in total. The van der Waals surface area contributed by atoms with Crippen molar-refractivity contribution in [1.82, 2.24) is 15.1 Å². The van der Waals surface area contributed by atoms with E-state index in [0.717, 1.165) is 24.6 Å². The molecule has 1 saturated heterocycles. The predicted octanol–water partition coefficient (Wildman–Crippen LogP) is 0.190. The summed E-state index contributed by atoms with van der Waals surface area (Å²) in [4.78, 5) is 4.92. The Morgan fingerprint density at radius 3 is 2.69 bits per heavy atom. The molecule has 0 aliphatic carbocycles. The van der Waals surface area contributed by atoms with Gasteiger partial charge in [-0.1, -0.05) is 5.92 Å². The van der Waals surface area contributed by atoms with E-state index in [2.05, 4.69) is 28.1 Å². The van der Waals surface area contributed by atoms with Crippen molar-refractivity contribution in [3.63, 3.8) is 0 Å². The molecule has 1 aliphatic heterocycles. The fourth-order valence-corrected chi connectivity index (χ4v) is 2.26. The summed E-state index contributed by atoms with van der Waals surface area (Å²) in [5.74, 6) is 4.59. The van der Waals surface area contributed by atoms with E-state index in [9.17, 15) is 0 Å². The molecule has 4 heteroatoms. The summed E-state index contributed by atoms with van der Waals surface area (Å²) >= 11 is 1.82. The SMILES string of the molecule is C#CCSCCNCCN1CCN(C)CC1. The third-order valence-electron chi connectivity index (χ3n) is 2.81. The molecule has 0 bridgehead atoms. The Labute approximate surface area is 104 Å². The molecule has 16 heavy (non-hydrogen) atoms. The van der Waals surface area contributed by atoms with E-state index in [0.29, 0.717) is 0 Å². The Balaban J connectivity index is 1.86. The molecule has 1 heterocycles. The second kappa shape index (κ2) is 8.89. The van der Waals surface area contributed by atoms with Gasteiger partial charge < -0.3 is 10.2 Å². The van der Waals surface area contributed by atoms with Crippen molar-refractivity contribution < 1.29 is 0 Å². The third-order valence-corrected chi connectivity index (χ3v) is 3.67. The van der Waals surface area contributed by atoms with Crippen LogP contribution in [0.15, 0.2) is 0 Å². The smallest absolute Gasteiger partial charge is 0.0545 e. The molecule has 0 aromatic carbocycles. The van der Waals surface area contributed by atoms with Crippen LogP contribution in [-0.2, 0) is 0 Å². The highest BCUT2D eigenvalue weighted by atomic mass is 32.2. The van der Waals surface area contributed by atoms with Gasteiger partial charge in [0.15, 0.2) is 0 Å². The summed E-state index contributed by atoms with van der Waals surface area (Å²) < 4.78 is 0. The van der Waals surface area contributed by atoms with Crippen molar-refractivity contribution in [1.29, 1.82) is 0 Å². The van der Waals surface area contributed by atoms with Gasteiger partial charge >= 0.3 is 0 Å². The fourth-order valence-electron chi connectivity index (χ4n) is 1.71. The van der Waals surface area contributed by atoms with Crippen LogP contribution in [0.1, 0.15) is 0 Å². The first-order valence-corrected chi connectivity index (χ1v) is 7.11. The number of hydrogen-bond acceptors (Lipinski definition) is 4. The van der Waals surface area contributed by atoms with Crippen LogP contribution >= 0.6 is 11.8 Å². The predicted molar refractivity (Wildman–Crippen MR) is 73.0 cm³/mol. The molecule has 0 radical (unpaired) electrons. The molecule has 1 fully saturated rings. The van der Waals surface area contributed by atoms with Gasteiger partial charge in [0, 0.05) is 51.6 Å². The topological polar surface area (TPSA) is 18.5 Å². The minimum atomic E-state index is 0.833. The Morgan fingerprint density at radius 1 is 1.25 bits per heavy atom. The maximum absolute atomic E-state index is 5.18. The van der Waals surface area contributed by atoms with Crippen LogP contribution in [0.25, 0.3) is 0 Å². The van der Waals surface area contributed by atoms with Crippen LogP contribution < -0.4 is 5.32 Å². The van der Waals surface area contributed by atoms with Crippen molar-refractivity contribution >= 4 is 11.8 Å². The van der Waals surface area contributed by atoms with Gasteiger partial charge in [-0.25, -0.2) is 0 Å². The lowest BCUT2D eigenvalue weighted by Crippen LogP contribution is -2.46. The number of nitrogens with zero attached hydrogens (tertiary/aromatic N) is 2. The normalized spacial score (nSPS) is 18.5. The monoisotopic (exact) mass is 241 g/mol. The largest absolute Gasteiger partial charge is 0.315 e. The first-order chi connectivity index (χ1) is 7.83. The van der Waals surface area contributed by atoms with Crippen molar-refractivity contribution in [2.24, 2.45) is 0 Å². The van der Waals surface area contributed by atoms with E-state index in [1.165, 1.54) is 32.7 Å². The number of rotatable bonds is 7. The van der Waals surface area contributed by atoms with Crippen molar-refractivity contribution in [3.8, 4) is 12.3 Å². The van der Waals surface area contributed by atoms with E-state index in [1.54, 1.807) is 0 Å². The number of thioether (sulfide) groups is 1. The second-order valence-corrected chi connectivity index (χ2v) is 5.26. The zero-order valence-electron chi connectivity index (χ0n) is 10.2. The van der Waals surface area contributed by atoms with Crippen molar-refractivity contribution in [2.45, 2.75) is 0 Å². The minimum Gasteiger partial charge on any atom is -0.315 e. The lowest BCUT2D eigenvalue weighted by Gasteiger charge is -2.32. The highest BCUT2D eigenvalue weighted by Gasteiger charge is 2.12. The van der Waals surface area contributed by atoms with E-state index in [1.807, 2.05) is 11.8 Å². The average molecular weight is 241 g/mol. The summed E-state index contributed by atoms with van der Waals surface area (Å²) in [7, 11) is 2.19. The maximum atomic E-state index is 5.18. The molecule has 0 atom stereocenters. The number of piperazine rings is 1. The van der Waals surface area contributed by atoms with Crippen LogP contribution in [0.3, 0.4) is 0 Å². The van der Waals surface area contributed by atoms with Crippen LogP contribution in [0, 0.1) is 12.3 Å². The summed E-state index contributed by atoms with van der Waals surface area (Å²) in [6.07, 6.45) is 5.18. The molecule has 0 spiro atoms. The van der Waals surface area contributed by atoms with Gasteiger partial charge in [0.05, 0.1) is 5.75 Å². The molecule has 3 nitrogen and oxygen atoms in total. The molecule has 0 aromatic rings. The summed E-state index contributed by atoms with van der Waals surface area (Å²) in [6, 6.07) is 0. The molecule has 0 aromatic heterocycles. The van der Waals surface area contributed by atoms with Crippen molar-refractivity contribution in [2.75, 3.05) is 64.4 Å². The van der Waals surface area contributed by atoms with Crippen LogP contribution in [0.2, 0.25) is 0 Å². The average Bonchev–Trinajstić information content (AvgIpc) is 2.30. The highest BCUT2D eigenvalue weighted by Crippen LogP contribution is 1.98. The van der Waals surface area contributed by atoms with E-state index >= 15 is 0 Å². The molecule has 1 rings (SSSR count).